The molecule has 1 heterocycles. The molecule has 1 nitrogen and oxygen atoms in total. The topological polar surface area (TPSA) is 12.4 Å². The highest BCUT2D eigenvalue weighted by Crippen LogP contribution is 2.44. The maximum atomic E-state index is 16.3. The van der Waals surface area contributed by atoms with Gasteiger partial charge in [-0.1, -0.05) is 84.4 Å². The highest BCUT2D eigenvalue weighted by atomic mass is 19.1. The zero-order chi connectivity index (χ0) is 20.0. The van der Waals surface area contributed by atoms with Crippen LogP contribution in [0.5, 0.6) is 0 Å². The molecule has 5 rings (SSSR count). The van der Waals surface area contributed by atoms with Crippen molar-refractivity contribution >= 4 is 11.3 Å². The molecule has 0 saturated heterocycles. The van der Waals surface area contributed by atoms with Gasteiger partial charge in [-0.3, -0.25) is 4.99 Å². The van der Waals surface area contributed by atoms with Crippen molar-refractivity contribution < 1.29 is 5.76 Å². The van der Waals surface area contributed by atoms with E-state index in [4.69, 9.17) is 6.36 Å². The Hall–Kier alpha value is -3.00. The van der Waals surface area contributed by atoms with E-state index in [1.165, 1.54) is 5.56 Å². The molecular weight excluding hydrogens is 345 g/mol. The number of nitrogens with zero attached hydrogens (tertiary/aromatic N) is 1. The molecular formula is C26H22FN. The van der Waals surface area contributed by atoms with Crippen LogP contribution in [0.3, 0.4) is 0 Å². The number of dihydropyridines is 1. The fourth-order valence-corrected chi connectivity index (χ4v) is 4.26. The van der Waals surface area contributed by atoms with Gasteiger partial charge in [0.2, 0.25) is 0 Å². The summed E-state index contributed by atoms with van der Waals surface area (Å²) in [6.45, 7) is 2.02. The Morgan fingerprint density at radius 1 is 0.893 bits per heavy atom. The third-order valence-corrected chi connectivity index (χ3v) is 5.70. The van der Waals surface area contributed by atoms with Crippen LogP contribution in [0, 0.1) is 6.92 Å². The predicted molar refractivity (Wildman–Crippen MR) is 113 cm³/mol. The van der Waals surface area contributed by atoms with Crippen LogP contribution in [0.2, 0.25) is 0 Å². The third-order valence-electron chi connectivity index (χ3n) is 5.70. The first kappa shape index (κ1) is 16.0. The second-order valence-electron chi connectivity index (χ2n) is 7.52. The maximum Gasteiger partial charge on any atom is 0.152 e. The second-order valence-corrected chi connectivity index (χ2v) is 7.52. The Kier molecular flexibility index (Phi) is 3.92. The van der Waals surface area contributed by atoms with E-state index in [9.17, 15) is 0 Å². The average molecular weight is 368 g/mol. The second kappa shape index (κ2) is 6.87. The number of rotatable bonds is 2. The van der Waals surface area contributed by atoms with E-state index in [0.29, 0.717) is 12.0 Å². The lowest BCUT2D eigenvalue weighted by Gasteiger charge is -2.33. The molecule has 2 heteroatoms. The number of aryl methyl sites for hydroxylation is 2. The summed E-state index contributed by atoms with van der Waals surface area (Å²) in [5.74, 6) is 0. The maximum absolute atomic E-state index is 16.3. The van der Waals surface area contributed by atoms with Gasteiger partial charge in [0.15, 0.2) is 6.15 Å². The van der Waals surface area contributed by atoms with Gasteiger partial charge in [0.25, 0.3) is 0 Å². The highest BCUT2D eigenvalue weighted by molar-refractivity contribution is 6.19. The Balaban J connectivity index is 1.78. The molecule has 2 unspecified atom stereocenters. The van der Waals surface area contributed by atoms with Crippen molar-refractivity contribution in [2.75, 3.05) is 0 Å². The van der Waals surface area contributed by atoms with Crippen LogP contribution < -0.4 is 0 Å². The number of hydrogen-bond acceptors (Lipinski definition) is 1. The van der Waals surface area contributed by atoms with Crippen LogP contribution in [0.4, 0.5) is 4.39 Å². The molecule has 1 aliphatic heterocycles. The number of benzene rings is 3. The summed E-state index contributed by atoms with van der Waals surface area (Å²) in [7, 11) is 0. The summed E-state index contributed by atoms with van der Waals surface area (Å²) in [4.78, 5) is 4.86. The summed E-state index contributed by atoms with van der Waals surface area (Å²) in [5, 5.41) is 0. The Morgan fingerprint density at radius 3 is 2.39 bits per heavy atom. The Labute approximate surface area is 166 Å². The number of allylic oxidation sites excluding steroid dienone is 1. The van der Waals surface area contributed by atoms with E-state index in [0.717, 1.165) is 40.0 Å². The van der Waals surface area contributed by atoms with Crippen LogP contribution in [0.25, 0.3) is 5.57 Å². The van der Waals surface area contributed by atoms with Crippen molar-refractivity contribution in [2.24, 2.45) is 4.99 Å². The van der Waals surface area contributed by atoms with Gasteiger partial charge in [-0.25, -0.2) is 4.39 Å². The van der Waals surface area contributed by atoms with Gasteiger partial charge in [0.1, 0.15) is 6.04 Å². The minimum atomic E-state index is -2.33. The van der Waals surface area contributed by atoms with Gasteiger partial charge in [-0.2, -0.15) is 0 Å². The molecule has 0 fully saturated rings. The molecule has 0 amide bonds. The molecule has 0 saturated carbocycles. The number of hydrogen-bond donors (Lipinski definition) is 0. The first-order valence-electron chi connectivity index (χ1n) is 10.3. The van der Waals surface area contributed by atoms with Crippen LogP contribution in [0.1, 0.15) is 41.7 Å². The molecule has 0 radical (unpaired) electrons. The lowest BCUT2D eigenvalue weighted by molar-refractivity contribution is 0.353. The standard InChI is InChI=1S/C26H22FN/c1-17-11-13-19(14-12-17)23-22-16-15-18-7-5-6-10-21(18)26(22)28-25(24(23)27)20-8-3-2-4-9-20/h2-14,24-25H,15-16H2,1H3/i24D. The van der Waals surface area contributed by atoms with Crippen molar-refractivity contribution in [3.05, 3.63) is 112 Å². The number of fused-ring (bicyclic) bond motifs is 3. The zero-order valence-corrected chi connectivity index (χ0v) is 15.8. The van der Waals surface area contributed by atoms with Crippen molar-refractivity contribution in [3.8, 4) is 0 Å². The third kappa shape index (κ3) is 2.80. The van der Waals surface area contributed by atoms with Gasteiger partial charge >= 0.3 is 0 Å². The number of aliphatic imine (C=N–C) groups is 1. The van der Waals surface area contributed by atoms with E-state index in [1.807, 2.05) is 73.7 Å². The summed E-state index contributed by atoms with van der Waals surface area (Å²) < 4.78 is 25.2. The fourth-order valence-electron chi connectivity index (χ4n) is 4.26. The van der Waals surface area contributed by atoms with Gasteiger partial charge < -0.3 is 0 Å². The van der Waals surface area contributed by atoms with Crippen LogP contribution >= 0.6 is 0 Å². The molecule has 1 aliphatic carbocycles. The number of halogens is 1. The van der Waals surface area contributed by atoms with E-state index < -0.39 is 12.2 Å². The molecule has 3 aromatic carbocycles. The van der Waals surface area contributed by atoms with E-state index in [1.54, 1.807) is 0 Å². The minimum absolute atomic E-state index is 0.464. The highest BCUT2D eigenvalue weighted by Gasteiger charge is 2.37. The molecule has 0 aromatic heterocycles. The van der Waals surface area contributed by atoms with E-state index in [2.05, 4.69) is 12.1 Å². The van der Waals surface area contributed by atoms with Gasteiger partial charge in [-0.05, 0) is 42.0 Å². The fraction of sp³-hybridized carbons (Fsp3) is 0.192. The summed E-state index contributed by atoms with van der Waals surface area (Å²) in [6.07, 6.45) is -0.793. The summed E-state index contributed by atoms with van der Waals surface area (Å²) >= 11 is 0. The molecule has 3 aromatic rings. The van der Waals surface area contributed by atoms with Gasteiger partial charge in [0.05, 0.1) is 7.08 Å². The van der Waals surface area contributed by atoms with E-state index in [-0.39, 0.29) is 0 Å². The summed E-state index contributed by atoms with van der Waals surface area (Å²) in [5.41, 5.74) is 7.10. The first-order valence-corrected chi connectivity index (χ1v) is 9.76. The van der Waals surface area contributed by atoms with Crippen molar-refractivity contribution in [1.29, 1.82) is 0 Å². The molecule has 2 aliphatic rings. The Bertz CT molecular complexity index is 1130. The molecule has 28 heavy (non-hydrogen) atoms. The molecule has 138 valence electrons. The monoisotopic (exact) mass is 368 g/mol. The lowest BCUT2D eigenvalue weighted by Crippen LogP contribution is -2.28. The molecule has 0 spiro atoms. The molecule has 0 N–H and O–H groups in total. The van der Waals surface area contributed by atoms with Crippen LogP contribution in [0.15, 0.2) is 89.4 Å². The smallest absolute Gasteiger partial charge is 0.152 e. The van der Waals surface area contributed by atoms with Crippen molar-refractivity contribution in [1.82, 2.24) is 0 Å². The quantitative estimate of drug-likeness (QED) is 0.505. The van der Waals surface area contributed by atoms with Crippen LogP contribution in [-0.4, -0.2) is 11.9 Å². The number of alkyl halides is 1. The van der Waals surface area contributed by atoms with Crippen molar-refractivity contribution in [2.45, 2.75) is 32.0 Å². The van der Waals surface area contributed by atoms with Gasteiger partial charge in [-0.15, -0.1) is 0 Å². The first-order chi connectivity index (χ1) is 14.1. The minimum Gasteiger partial charge on any atom is -0.273 e. The summed E-state index contributed by atoms with van der Waals surface area (Å²) in [6, 6.07) is 24.6. The predicted octanol–water partition coefficient (Wildman–Crippen LogP) is 6.28. The van der Waals surface area contributed by atoms with Crippen molar-refractivity contribution in [3.63, 3.8) is 0 Å². The average Bonchev–Trinajstić information content (AvgIpc) is 2.74. The normalized spacial score (nSPS) is 24.1. The van der Waals surface area contributed by atoms with Crippen LogP contribution in [-0.2, 0) is 6.42 Å². The molecule has 2 atom stereocenters. The van der Waals surface area contributed by atoms with E-state index >= 15 is 4.39 Å². The SMILES string of the molecule is [2H]C1(F)C(c2ccc(C)cc2)=C2CCc3ccccc3C2=NC1c1ccccc1. The zero-order valence-electron chi connectivity index (χ0n) is 16.8. The molecule has 0 bridgehead atoms. The largest absolute Gasteiger partial charge is 0.273 e. The van der Waals surface area contributed by atoms with Gasteiger partial charge in [0, 0.05) is 11.1 Å². The lowest BCUT2D eigenvalue weighted by atomic mass is 9.77. The Morgan fingerprint density at radius 2 is 1.61 bits per heavy atom.